The number of carbonyl (C=O) groups excluding carboxylic acids is 2. The lowest BCUT2D eigenvalue weighted by Gasteiger charge is -2.27. The molecule has 0 saturated carbocycles. The van der Waals surface area contributed by atoms with Crippen LogP contribution in [0, 0.1) is 6.92 Å². The van der Waals surface area contributed by atoms with Gasteiger partial charge in [-0.15, -0.1) is 0 Å². The van der Waals surface area contributed by atoms with Crippen LogP contribution in [-0.4, -0.2) is 62.8 Å². The van der Waals surface area contributed by atoms with Crippen molar-refractivity contribution in [3.8, 4) is 0 Å². The second kappa shape index (κ2) is 7.56. The molecule has 1 heterocycles. The third kappa shape index (κ3) is 5.65. The van der Waals surface area contributed by atoms with Crippen LogP contribution in [0.25, 0.3) is 0 Å². The number of hydrogen-bond donors (Lipinski definition) is 2. The predicted octanol–water partition coefficient (Wildman–Crippen LogP) is -0.220. The molecular formula is C15H21N3O4S. The molecule has 2 N–H and O–H groups in total. The van der Waals surface area contributed by atoms with Crippen LogP contribution < -0.4 is 10.6 Å². The molecule has 1 aromatic carbocycles. The molecule has 7 nitrogen and oxygen atoms in total. The summed E-state index contributed by atoms with van der Waals surface area (Å²) >= 11 is 0. The van der Waals surface area contributed by atoms with Crippen LogP contribution in [-0.2, 0) is 19.4 Å². The molecule has 0 radical (unpaired) electrons. The number of anilines is 1. The number of piperazine rings is 1. The van der Waals surface area contributed by atoms with Gasteiger partial charge in [0.25, 0.3) is 0 Å². The maximum atomic E-state index is 12.0. The Morgan fingerprint density at radius 1 is 1.22 bits per heavy atom. The van der Waals surface area contributed by atoms with Crippen molar-refractivity contribution in [2.24, 2.45) is 0 Å². The molecule has 1 aromatic rings. The van der Waals surface area contributed by atoms with Crippen LogP contribution in [0.15, 0.2) is 24.3 Å². The van der Waals surface area contributed by atoms with Gasteiger partial charge in [-0.3, -0.25) is 9.59 Å². The van der Waals surface area contributed by atoms with Crippen LogP contribution >= 0.6 is 0 Å². The Bertz CT molecular complexity index is 682. The number of nitrogens with one attached hydrogen (secondary N) is 2. The van der Waals surface area contributed by atoms with E-state index >= 15 is 0 Å². The van der Waals surface area contributed by atoms with E-state index in [2.05, 4.69) is 10.6 Å². The topological polar surface area (TPSA) is 95.6 Å². The molecule has 1 fully saturated rings. The van der Waals surface area contributed by atoms with Gasteiger partial charge in [-0.1, -0.05) is 12.1 Å². The zero-order valence-corrected chi connectivity index (χ0v) is 13.9. The van der Waals surface area contributed by atoms with Crippen molar-refractivity contribution in [2.75, 3.05) is 43.0 Å². The lowest BCUT2D eigenvalue weighted by atomic mass is 10.2. The van der Waals surface area contributed by atoms with Crippen LogP contribution in [0.2, 0.25) is 0 Å². The van der Waals surface area contributed by atoms with E-state index in [0.717, 1.165) is 5.56 Å². The minimum absolute atomic E-state index is 0.449. The molecule has 1 aliphatic heterocycles. The molecule has 2 amide bonds. The summed E-state index contributed by atoms with van der Waals surface area (Å²) in [5.41, 5.74) is 1.50. The normalized spacial score (nSPS) is 15.3. The van der Waals surface area contributed by atoms with Gasteiger partial charge in [-0.2, -0.15) is 0 Å². The summed E-state index contributed by atoms with van der Waals surface area (Å²) in [6.45, 7) is 4.16. The van der Waals surface area contributed by atoms with Crippen molar-refractivity contribution in [3.05, 3.63) is 29.8 Å². The van der Waals surface area contributed by atoms with Gasteiger partial charge in [-0.25, -0.2) is 8.42 Å². The highest BCUT2D eigenvalue weighted by atomic mass is 32.2. The highest BCUT2D eigenvalue weighted by Gasteiger charge is 2.25. The Morgan fingerprint density at radius 3 is 2.57 bits per heavy atom. The van der Waals surface area contributed by atoms with Gasteiger partial charge in [-0.05, 0) is 24.6 Å². The third-order valence-corrected chi connectivity index (χ3v) is 4.85. The van der Waals surface area contributed by atoms with Gasteiger partial charge in [0.15, 0.2) is 9.84 Å². The minimum Gasteiger partial charge on any atom is -0.339 e. The maximum Gasteiger partial charge on any atom is 0.239 e. The van der Waals surface area contributed by atoms with Crippen LogP contribution in [0.3, 0.4) is 0 Å². The van der Waals surface area contributed by atoms with E-state index in [1.165, 1.54) is 4.90 Å². The van der Waals surface area contributed by atoms with Crippen molar-refractivity contribution < 1.29 is 18.0 Å². The Hall–Kier alpha value is -1.93. The summed E-state index contributed by atoms with van der Waals surface area (Å²) in [7, 11) is -3.78. The Labute approximate surface area is 136 Å². The fourth-order valence-corrected chi connectivity index (χ4v) is 3.50. The van der Waals surface area contributed by atoms with Crippen molar-refractivity contribution in [3.63, 3.8) is 0 Å². The maximum absolute atomic E-state index is 12.0. The molecule has 0 aromatic heterocycles. The number of amides is 2. The Balaban J connectivity index is 1.89. The summed E-state index contributed by atoms with van der Waals surface area (Å²) in [5, 5.41) is 5.63. The molecular weight excluding hydrogens is 318 g/mol. The first-order valence-corrected chi connectivity index (χ1v) is 9.23. The average Bonchev–Trinajstić information content (AvgIpc) is 2.46. The first kappa shape index (κ1) is 17.4. The summed E-state index contributed by atoms with van der Waals surface area (Å²) in [6.07, 6.45) is 0. The van der Waals surface area contributed by atoms with Gasteiger partial charge in [0.05, 0.1) is 0 Å². The number of nitrogens with zero attached hydrogens (tertiary/aromatic N) is 1. The fraction of sp³-hybridized carbons (Fsp3) is 0.467. The second-order valence-electron chi connectivity index (χ2n) is 5.58. The summed E-state index contributed by atoms with van der Waals surface area (Å²) in [6, 6.07) is 7.08. The highest BCUT2D eigenvalue weighted by Crippen LogP contribution is 2.09. The fourth-order valence-electron chi connectivity index (χ4n) is 2.36. The molecule has 0 bridgehead atoms. The highest BCUT2D eigenvalue weighted by molar-refractivity contribution is 7.92. The zero-order valence-electron chi connectivity index (χ0n) is 13.0. The molecule has 0 aliphatic carbocycles. The summed E-state index contributed by atoms with van der Waals surface area (Å²) in [4.78, 5) is 25.4. The van der Waals surface area contributed by atoms with Crippen molar-refractivity contribution >= 4 is 27.3 Å². The van der Waals surface area contributed by atoms with Gasteiger partial charge < -0.3 is 15.5 Å². The van der Waals surface area contributed by atoms with E-state index in [0.29, 0.717) is 31.9 Å². The Morgan fingerprint density at radius 2 is 1.91 bits per heavy atom. The second-order valence-corrected chi connectivity index (χ2v) is 7.65. The van der Waals surface area contributed by atoms with Crippen molar-refractivity contribution in [1.29, 1.82) is 0 Å². The Kier molecular flexibility index (Phi) is 5.73. The average molecular weight is 339 g/mol. The molecule has 8 heteroatoms. The van der Waals surface area contributed by atoms with E-state index < -0.39 is 33.2 Å². The van der Waals surface area contributed by atoms with Gasteiger partial charge in [0, 0.05) is 31.9 Å². The SMILES string of the molecule is Cc1cccc(NC(=O)CS(=O)(=O)CC(=O)N2CCNCC2)c1. The minimum atomic E-state index is -3.78. The number of sulfone groups is 1. The first-order valence-electron chi connectivity index (χ1n) is 7.41. The lowest BCUT2D eigenvalue weighted by molar-refractivity contribution is -0.128. The number of carbonyl (C=O) groups is 2. The molecule has 0 atom stereocenters. The van der Waals surface area contributed by atoms with Crippen LogP contribution in [0.5, 0.6) is 0 Å². The molecule has 1 aliphatic rings. The van der Waals surface area contributed by atoms with E-state index in [9.17, 15) is 18.0 Å². The molecule has 23 heavy (non-hydrogen) atoms. The summed E-state index contributed by atoms with van der Waals surface area (Å²) in [5.74, 6) is -2.41. The predicted molar refractivity (Wildman–Crippen MR) is 87.9 cm³/mol. The van der Waals surface area contributed by atoms with E-state index in [4.69, 9.17) is 0 Å². The quantitative estimate of drug-likeness (QED) is 0.773. The number of rotatable bonds is 5. The third-order valence-electron chi connectivity index (χ3n) is 3.47. The van der Waals surface area contributed by atoms with Crippen molar-refractivity contribution in [2.45, 2.75) is 6.92 Å². The van der Waals surface area contributed by atoms with Gasteiger partial charge in [0.2, 0.25) is 11.8 Å². The van der Waals surface area contributed by atoms with Crippen LogP contribution in [0.1, 0.15) is 5.56 Å². The largest absolute Gasteiger partial charge is 0.339 e. The van der Waals surface area contributed by atoms with Gasteiger partial charge in [0.1, 0.15) is 11.5 Å². The summed E-state index contributed by atoms with van der Waals surface area (Å²) < 4.78 is 24.1. The van der Waals surface area contributed by atoms with Crippen molar-refractivity contribution in [1.82, 2.24) is 10.2 Å². The monoisotopic (exact) mass is 339 g/mol. The molecule has 1 saturated heterocycles. The molecule has 126 valence electrons. The van der Waals surface area contributed by atoms with E-state index in [1.807, 2.05) is 13.0 Å². The standard InChI is InChI=1S/C15H21N3O4S/c1-12-3-2-4-13(9-12)17-14(19)10-23(21,22)11-15(20)18-7-5-16-6-8-18/h2-4,9,16H,5-8,10-11H2,1H3,(H,17,19). The number of aryl methyl sites for hydroxylation is 1. The zero-order chi connectivity index (χ0) is 16.9. The molecule has 0 spiro atoms. The smallest absolute Gasteiger partial charge is 0.239 e. The van der Waals surface area contributed by atoms with Gasteiger partial charge >= 0.3 is 0 Å². The lowest BCUT2D eigenvalue weighted by Crippen LogP contribution is -2.48. The van der Waals surface area contributed by atoms with E-state index in [1.54, 1.807) is 18.2 Å². The number of benzene rings is 1. The number of hydrogen-bond acceptors (Lipinski definition) is 5. The molecule has 2 rings (SSSR count). The first-order chi connectivity index (χ1) is 10.9. The van der Waals surface area contributed by atoms with Crippen LogP contribution in [0.4, 0.5) is 5.69 Å². The molecule has 0 unspecified atom stereocenters. The van der Waals surface area contributed by atoms with E-state index in [-0.39, 0.29) is 0 Å².